The minimum Gasteiger partial charge on any atom is -0.394 e. The van der Waals surface area contributed by atoms with Crippen LogP contribution in [0.2, 0.25) is 0 Å². The molecule has 4 aliphatic rings. The van der Waals surface area contributed by atoms with Gasteiger partial charge in [-0.05, 0) is 29.4 Å². The number of carbonyl (C=O) groups is 1. The molecular weight excluding hydrogens is 304 g/mol. The number of ether oxygens (including phenoxy) is 2. The molecule has 7 nitrogen and oxygen atoms in total. The van der Waals surface area contributed by atoms with Crippen molar-refractivity contribution in [2.24, 2.45) is 17.3 Å². The van der Waals surface area contributed by atoms with Gasteiger partial charge in [-0.15, -0.1) is 0 Å². The van der Waals surface area contributed by atoms with Crippen molar-refractivity contribution in [2.75, 3.05) is 13.2 Å². The van der Waals surface area contributed by atoms with Crippen LogP contribution < -0.4 is 0 Å². The molecular formula is C16H24O7. The maximum atomic E-state index is 12.0. The first-order valence-corrected chi connectivity index (χ1v) is 7.93. The SMILES string of the molecule is CC1(C)C2CC1C(COC1OC(CO)C(O)C(O)C1O)=CC2=O. The summed E-state index contributed by atoms with van der Waals surface area (Å²) in [4.78, 5) is 12.0. The third-order valence-electron chi connectivity index (χ3n) is 5.65. The molecule has 0 aromatic rings. The zero-order valence-electron chi connectivity index (χ0n) is 13.3. The summed E-state index contributed by atoms with van der Waals surface area (Å²) in [5.41, 5.74) is 0.777. The van der Waals surface area contributed by atoms with E-state index >= 15 is 0 Å². The molecule has 7 unspecified atom stereocenters. The van der Waals surface area contributed by atoms with Gasteiger partial charge in [-0.25, -0.2) is 0 Å². The van der Waals surface area contributed by atoms with Crippen molar-refractivity contribution in [3.05, 3.63) is 11.6 Å². The summed E-state index contributed by atoms with van der Waals surface area (Å²) in [6, 6.07) is 0. The predicted molar refractivity (Wildman–Crippen MR) is 78.2 cm³/mol. The Kier molecular flexibility index (Phi) is 4.37. The lowest BCUT2D eigenvalue weighted by Crippen LogP contribution is -2.59. The van der Waals surface area contributed by atoms with Gasteiger partial charge in [0, 0.05) is 5.92 Å². The van der Waals surface area contributed by atoms with Crippen LogP contribution in [-0.2, 0) is 14.3 Å². The zero-order valence-corrected chi connectivity index (χ0v) is 13.3. The Morgan fingerprint density at radius 1 is 1.22 bits per heavy atom. The maximum absolute atomic E-state index is 12.0. The summed E-state index contributed by atoms with van der Waals surface area (Å²) in [7, 11) is 0. The molecule has 3 aliphatic carbocycles. The van der Waals surface area contributed by atoms with Crippen LogP contribution in [0.1, 0.15) is 20.3 Å². The second-order valence-corrected chi connectivity index (χ2v) is 7.29. The van der Waals surface area contributed by atoms with Crippen LogP contribution >= 0.6 is 0 Å². The lowest BCUT2D eigenvalue weighted by molar-refractivity contribution is -0.299. The Bertz CT molecular complexity index is 513. The Balaban J connectivity index is 1.65. The van der Waals surface area contributed by atoms with E-state index in [1.165, 1.54) is 0 Å². The van der Waals surface area contributed by atoms with Gasteiger partial charge in [0.25, 0.3) is 0 Å². The smallest absolute Gasteiger partial charge is 0.187 e. The van der Waals surface area contributed by atoms with Crippen molar-refractivity contribution in [3.8, 4) is 0 Å². The molecule has 1 heterocycles. The standard InChI is InChI=1S/C16H24O7/c1-16(2)8-4-9(16)10(18)3-7(8)6-22-15-14(21)13(20)12(19)11(5-17)23-15/h3,8-9,11-15,17,19-21H,4-6H2,1-2H3. The predicted octanol–water partition coefficient (Wildman–Crippen LogP) is -1.03. The van der Waals surface area contributed by atoms with E-state index < -0.39 is 37.3 Å². The van der Waals surface area contributed by atoms with E-state index in [9.17, 15) is 20.1 Å². The van der Waals surface area contributed by atoms with Crippen molar-refractivity contribution < 1.29 is 34.7 Å². The van der Waals surface area contributed by atoms with Gasteiger partial charge in [0.2, 0.25) is 0 Å². The summed E-state index contributed by atoms with van der Waals surface area (Å²) in [6.07, 6.45) is -4.03. The van der Waals surface area contributed by atoms with E-state index in [1.54, 1.807) is 6.08 Å². The van der Waals surface area contributed by atoms with Crippen molar-refractivity contribution in [2.45, 2.75) is 51.0 Å². The molecule has 130 valence electrons. The van der Waals surface area contributed by atoms with Gasteiger partial charge in [0.05, 0.1) is 13.2 Å². The van der Waals surface area contributed by atoms with E-state index in [0.29, 0.717) is 0 Å². The number of allylic oxidation sites excluding steroid dienone is 1. The largest absolute Gasteiger partial charge is 0.394 e. The van der Waals surface area contributed by atoms with Gasteiger partial charge in [-0.1, -0.05) is 13.8 Å². The highest BCUT2D eigenvalue weighted by Gasteiger charge is 2.55. The second-order valence-electron chi connectivity index (χ2n) is 7.29. The van der Waals surface area contributed by atoms with Gasteiger partial charge in [0.15, 0.2) is 12.1 Å². The molecule has 1 saturated carbocycles. The lowest BCUT2D eigenvalue weighted by Gasteiger charge is -2.55. The third-order valence-corrected chi connectivity index (χ3v) is 5.65. The van der Waals surface area contributed by atoms with Gasteiger partial charge in [-0.3, -0.25) is 4.79 Å². The first-order chi connectivity index (χ1) is 10.8. The Morgan fingerprint density at radius 3 is 2.48 bits per heavy atom. The number of aliphatic hydroxyl groups is 4. The van der Waals surface area contributed by atoms with Crippen molar-refractivity contribution in [3.63, 3.8) is 0 Å². The highest BCUT2D eigenvalue weighted by atomic mass is 16.7. The van der Waals surface area contributed by atoms with Crippen molar-refractivity contribution in [1.82, 2.24) is 0 Å². The summed E-state index contributed by atoms with van der Waals surface area (Å²) in [6.45, 7) is 3.73. The van der Waals surface area contributed by atoms with Crippen LogP contribution in [0.15, 0.2) is 11.6 Å². The highest BCUT2D eigenvalue weighted by Crippen LogP contribution is 2.57. The van der Waals surface area contributed by atoms with E-state index in [1.807, 2.05) is 0 Å². The zero-order chi connectivity index (χ0) is 16.9. The van der Waals surface area contributed by atoms with E-state index in [2.05, 4.69) is 13.8 Å². The lowest BCUT2D eigenvalue weighted by atomic mass is 9.48. The Labute approximate surface area is 134 Å². The van der Waals surface area contributed by atoms with Gasteiger partial charge >= 0.3 is 0 Å². The van der Waals surface area contributed by atoms with Crippen LogP contribution in [-0.4, -0.2) is 70.1 Å². The van der Waals surface area contributed by atoms with Gasteiger partial charge in [-0.2, -0.15) is 0 Å². The van der Waals surface area contributed by atoms with Gasteiger partial charge in [0.1, 0.15) is 24.4 Å². The minimum atomic E-state index is -1.46. The fourth-order valence-electron chi connectivity index (χ4n) is 3.95. The summed E-state index contributed by atoms with van der Waals surface area (Å²) >= 11 is 0. The average molecular weight is 328 g/mol. The quantitative estimate of drug-likeness (QED) is 0.521. The number of aliphatic hydroxyl groups excluding tert-OH is 4. The molecule has 0 amide bonds. The molecule has 0 spiro atoms. The molecule has 0 aromatic carbocycles. The highest BCUT2D eigenvalue weighted by molar-refractivity contribution is 5.96. The van der Waals surface area contributed by atoms with Gasteiger partial charge < -0.3 is 29.9 Å². The minimum absolute atomic E-state index is 0.0727. The molecule has 7 heteroatoms. The summed E-state index contributed by atoms with van der Waals surface area (Å²) in [5.74, 6) is 0.434. The molecule has 1 aliphatic heterocycles. The Morgan fingerprint density at radius 2 is 1.91 bits per heavy atom. The maximum Gasteiger partial charge on any atom is 0.187 e. The summed E-state index contributed by atoms with van der Waals surface area (Å²) in [5, 5.41) is 38.6. The van der Waals surface area contributed by atoms with Crippen LogP contribution in [0.5, 0.6) is 0 Å². The van der Waals surface area contributed by atoms with Crippen LogP contribution in [0.25, 0.3) is 0 Å². The molecule has 2 bridgehead atoms. The number of hydrogen-bond donors (Lipinski definition) is 4. The number of hydrogen-bond acceptors (Lipinski definition) is 7. The molecule has 7 atom stereocenters. The van der Waals surface area contributed by atoms with Crippen LogP contribution in [0.3, 0.4) is 0 Å². The van der Waals surface area contributed by atoms with Crippen LogP contribution in [0.4, 0.5) is 0 Å². The monoisotopic (exact) mass is 328 g/mol. The fourth-order valence-corrected chi connectivity index (χ4v) is 3.95. The van der Waals surface area contributed by atoms with E-state index in [0.717, 1.165) is 12.0 Å². The van der Waals surface area contributed by atoms with E-state index in [-0.39, 0.29) is 29.6 Å². The second kappa shape index (κ2) is 5.91. The number of ketones is 1. The normalized spacial score (nSPS) is 45.4. The molecule has 4 N–H and O–H groups in total. The topological polar surface area (TPSA) is 116 Å². The molecule has 0 radical (unpaired) electrons. The third kappa shape index (κ3) is 2.65. The van der Waals surface area contributed by atoms with Crippen molar-refractivity contribution >= 4 is 5.78 Å². The molecule has 4 rings (SSSR count). The number of carbonyl (C=O) groups excluding carboxylic acids is 1. The molecule has 1 saturated heterocycles. The number of fused-ring (bicyclic) bond motifs is 1. The summed E-state index contributed by atoms with van der Waals surface area (Å²) < 4.78 is 10.9. The first kappa shape index (κ1) is 17.0. The van der Waals surface area contributed by atoms with Crippen molar-refractivity contribution in [1.29, 1.82) is 0 Å². The average Bonchev–Trinajstić information content (AvgIpc) is 2.51. The fraction of sp³-hybridized carbons (Fsp3) is 0.812. The molecule has 0 aromatic heterocycles. The Hall–Kier alpha value is -0.830. The molecule has 2 fully saturated rings. The molecule has 23 heavy (non-hydrogen) atoms. The first-order valence-electron chi connectivity index (χ1n) is 7.93. The number of rotatable bonds is 4. The van der Waals surface area contributed by atoms with E-state index in [4.69, 9.17) is 14.6 Å². The van der Waals surface area contributed by atoms with Crippen LogP contribution in [0, 0.1) is 17.3 Å².